The molecular weight excluding hydrogens is 136 g/mol. The molecule has 0 unspecified atom stereocenters. The van der Waals surface area contributed by atoms with E-state index in [1.807, 2.05) is 0 Å². The summed E-state index contributed by atoms with van der Waals surface area (Å²) in [7, 11) is 0. The molecule has 0 saturated heterocycles. The molecule has 0 aliphatic heterocycles. The molecule has 0 aliphatic carbocycles. The molecule has 0 rings (SSSR count). The minimum absolute atomic E-state index is 0.214. The molecule has 0 spiro atoms. The molecule has 0 aromatic heterocycles. The maximum atomic E-state index is 9.78. The van der Waals surface area contributed by atoms with Crippen molar-refractivity contribution in [3.8, 4) is 0 Å². The van der Waals surface area contributed by atoms with Crippen LogP contribution in [0.1, 0.15) is 0 Å². The minimum Gasteiger partial charge on any atom is -0.505 e. The Hall–Kier alpha value is -1.58. The summed E-state index contributed by atoms with van der Waals surface area (Å²) in [6.07, 6.45) is 3.07. The van der Waals surface area contributed by atoms with Crippen LogP contribution in [0, 0.1) is 0 Å². The predicted octanol–water partition coefficient (Wildman–Crippen LogP) is 0.268. The Morgan fingerprint density at radius 1 is 1.30 bits per heavy atom. The van der Waals surface area contributed by atoms with Gasteiger partial charge >= 0.3 is 5.97 Å². The number of aliphatic hydroxyl groups is 1. The summed E-state index contributed by atoms with van der Waals surface area (Å²) in [6.45, 7) is 0. The van der Waals surface area contributed by atoms with E-state index in [2.05, 4.69) is 0 Å². The third-order valence-corrected chi connectivity index (χ3v) is 0.627. The second-order valence-corrected chi connectivity index (χ2v) is 1.41. The Kier molecular flexibility index (Phi) is 3.63. The quantitative estimate of drug-likeness (QED) is 0.256. The summed E-state index contributed by atoms with van der Waals surface area (Å²) in [5.41, 5.74) is 0. The largest absolute Gasteiger partial charge is 0.505 e. The van der Waals surface area contributed by atoms with Crippen molar-refractivity contribution in [3.63, 3.8) is 0 Å². The van der Waals surface area contributed by atoms with Crippen molar-refractivity contribution >= 4 is 12.3 Å². The van der Waals surface area contributed by atoms with E-state index in [4.69, 9.17) is 10.2 Å². The van der Waals surface area contributed by atoms with Gasteiger partial charge in [-0.3, -0.25) is 4.79 Å². The topological polar surface area (TPSA) is 74.6 Å². The molecule has 4 nitrogen and oxygen atoms in total. The number of rotatable bonds is 3. The van der Waals surface area contributed by atoms with Gasteiger partial charge in [0.05, 0.1) is 0 Å². The van der Waals surface area contributed by atoms with Crippen LogP contribution in [0.3, 0.4) is 0 Å². The van der Waals surface area contributed by atoms with E-state index in [1.54, 1.807) is 0 Å². The highest BCUT2D eigenvalue weighted by molar-refractivity contribution is 5.80. The lowest BCUT2D eigenvalue weighted by atomic mass is 10.4. The highest BCUT2D eigenvalue weighted by Gasteiger charge is 1.84. The van der Waals surface area contributed by atoms with Gasteiger partial charge in [-0.2, -0.15) is 0 Å². The standard InChI is InChI=1S/C6H6O4/c7-4-5(8)2-1-3-6(9)10/h1-4,8H,(H,9,10)/b3-1+,5-2-. The molecule has 4 heteroatoms. The molecule has 0 saturated carbocycles. The van der Waals surface area contributed by atoms with Gasteiger partial charge in [0.2, 0.25) is 0 Å². The monoisotopic (exact) mass is 142 g/mol. The number of carbonyl (C=O) groups excluding carboxylic acids is 1. The van der Waals surface area contributed by atoms with Crippen molar-refractivity contribution in [2.24, 2.45) is 0 Å². The molecule has 0 atom stereocenters. The summed E-state index contributed by atoms with van der Waals surface area (Å²) in [4.78, 5) is 19.5. The summed E-state index contributed by atoms with van der Waals surface area (Å²) < 4.78 is 0. The molecule has 0 aromatic rings. The zero-order valence-corrected chi connectivity index (χ0v) is 5.02. The lowest BCUT2D eigenvalue weighted by Crippen LogP contribution is -1.85. The van der Waals surface area contributed by atoms with Gasteiger partial charge in [-0.05, 0) is 6.08 Å². The van der Waals surface area contributed by atoms with Gasteiger partial charge in [0, 0.05) is 6.08 Å². The number of carboxylic acids is 1. The van der Waals surface area contributed by atoms with Gasteiger partial charge in [-0.25, -0.2) is 4.79 Å². The summed E-state index contributed by atoms with van der Waals surface area (Å²) in [5.74, 6) is -1.63. The van der Waals surface area contributed by atoms with Crippen LogP contribution in [0.5, 0.6) is 0 Å². The zero-order valence-electron chi connectivity index (χ0n) is 5.02. The molecule has 10 heavy (non-hydrogen) atoms. The van der Waals surface area contributed by atoms with Gasteiger partial charge in [-0.15, -0.1) is 0 Å². The fraction of sp³-hybridized carbons (Fsp3) is 0. The molecule has 0 heterocycles. The molecular formula is C6H6O4. The number of allylic oxidation sites excluding steroid dienone is 3. The first-order valence-electron chi connectivity index (χ1n) is 2.42. The van der Waals surface area contributed by atoms with Crippen molar-refractivity contribution in [3.05, 3.63) is 24.0 Å². The van der Waals surface area contributed by atoms with Crippen LogP contribution in [-0.2, 0) is 9.59 Å². The number of aldehydes is 1. The van der Waals surface area contributed by atoms with Crippen LogP contribution in [0.2, 0.25) is 0 Å². The van der Waals surface area contributed by atoms with Crippen molar-refractivity contribution < 1.29 is 19.8 Å². The number of carbonyl (C=O) groups is 2. The molecule has 0 bridgehead atoms. The van der Waals surface area contributed by atoms with Gasteiger partial charge in [0.15, 0.2) is 12.0 Å². The molecule has 2 N–H and O–H groups in total. The maximum Gasteiger partial charge on any atom is 0.328 e. The van der Waals surface area contributed by atoms with Crippen molar-refractivity contribution in [2.45, 2.75) is 0 Å². The fourth-order valence-electron chi connectivity index (χ4n) is 0.268. The van der Waals surface area contributed by atoms with Gasteiger partial charge in [-0.1, -0.05) is 6.08 Å². The van der Waals surface area contributed by atoms with Crippen molar-refractivity contribution in [2.75, 3.05) is 0 Å². The van der Waals surface area contributed by atoms with E-state index in [0.717, 1.165) is 18.2 Å². The highest BCUT2D eigenvalue weighted by atomic mass is 16.4. The third-order valence-electron chi connectivity index (χ3n) is 0.627. The SMILES string of the molecule is O=C/C(O)=C/C=C/C(=O)O. The van der Waals surface area contributed by atoms with E-state index in [9.17, 15) is 9.59 Å². The van der Waals surface area contributed by atoms with E-state index in [-0.39, 0.29) is 6.29 Å². The number of aliphatic carboxylic acids is 1. The summed E-state index contributed by atoms with van der Waals surface area (Å²) in [5, 5.41) is 16.4. The minimum atomic E-state index is -1.13. The van der Waals surface area contributed by atoms with E-state index >= 15 is 0 Å². The molecule has 0 radical (unpaired) electrons. The second kappa shape index (κ2) is 4.31. The smallest absolute Gasteiger partial charge is 0.328 e. The van der Waals surface area contributed by atoms with Crippen LogP contribution >= 0.6 is 0 Å². The Bertz CT molecular complexity index is 190. The Morgan fingerprint density at radius 3 is 2.30 bits per heavy atom. The maximum absolute atomic E-state index is 9.78. The summed E-state index contributed by atoms with van der Waals surface area (Å²) in [6, 6.07) is 0. The van der Waals surface area contributed by atoms with E-state index in [1.165, 1.54) is 0 Å². The number of hydrogen-bond acceptors (Lipinski definition) is 3. The molecule has 0 aliphatic rings. The van der Waals surface area contributed by atoms with Crippen LogP contribution in [0.15, 0.2) is 24.0 Å². The van der Waals surface area contributed by atoms with Gasteiger partial charge in [0.25, 0.3) is 0 Å². The number of carboxylic acid groups (broad SMARTS) is 1. The second-order valence-electron chi connectivity index (χ2n) is 1.41. The predicted molar refractivity (Wildman–Crippen MR) is 33.6 cm³/mol. The van der Waals surface area contributed by atoms with Gasteiger partial charge in [0.1, 0.15) is 0 Å². The highest BCUT2D eigenvalue weighted by Crippen LogP contribution is 1.82. The van der Waals surface area contributed by atoms with Crippen molar-refractivity contribution in [1.82, 2.24) is 0 Å². The number of hydrogen-bond donors (Lipinski definition) is 2. The lowest BCUT2D eigenvalue weighted by molar-refractivity contribution is -0.131. The fourth-order valence-corrected chi connectivity index (χ4v) is 0.268. The normalized spacial score (nSPS) is 11.8. The van der Waals surface area contributed by atoms with E-state index < -0.39 is 11.7 Å². The van der Waals surface area contributed by atoms with Crippen LogP contribution < -0.4 is 0 Å². The lowest BCUT2D eigenvalue weighted by Gasteiger charge is -1.79. The Morgan fingerprint density at radius 2 is 1.90 bits per heavy atom. The summed E-state index contributed by atoms with van der Waals surface area (Å²) >= 11 is 0. The van der Waals surface area contributed by atoms with Gasteiger partial charge < -0.3 is 10.2 Å². The van der Waals surface area contributed by atoms with E-state index in [0.29, 0.717) is 0 Å². The first kappa shape index (κ1) is 8.42. The van der Waals surface area contributed by atoms with Crippen LogP contribution in [0.25, 0.3) is 0 Å². The Labute approximate surface area is 57.1 Å². The first-order valence-corrected chi connectivity index (χ1v) is 2.42. The molecule has 0 fully saturated rings. The average molecular weight is 142 g/mol. The van der Waals surface area contributed by atoms with Crippen LogP contribution in [-0.4, -0.2) is 22.5 Å². The average Bonchev–Trinajstić information content (AvgIpc) is 1.87. The third kappa shape index (κ3) is 4.58. The Balaban J connectivity index is 3.93. The molecule has 54 valence electrons. The first-order chi connectivity index (χ1) is 4.66. The molecule has 0 amide bonds. The van der Waals surface area contributed by atoms with Crippen molar-refractivity contribution in [1.29, 1.82) is 0 Å². The number of aliphatic hydroxyl groups excluding tert-OH is 1. The van der Waals surface area contributed by atoms with Crippen LogP contribution in [0.4, 0.5) is 0 Å². The molecule has 0 aromatic carbocycles. The zero-order chi connectivity index (χ0) is 7.98.